The first kappa shape index (κ1) is 16.0. The molecule has 1 aromatic rings. The minimum absolute atomic E-state index is 0.0291. The highest BCUT2D eigenvalue weighted by Gasteiger charge is 2.26. The van der Waals surface area contributed by atoms with E-state index in [0.29, 0.717) is 6.54 Å². The van der Waals surface area contributed by atoms with Gasteiger partial charge in [-0.1, -0.05) is 19.1 Å². The van der Waals surface area contributed by atoms with Gasteiger partial charge in [-0.25, -0.2) is 0 Å². The number of ether oxygens (including phenoxy) is 1. The fraction of sp³-hybridized carbons (Fsp3) is 0.600. The molecule has 1 unspecified atom stereocenters. The van der Waals surface area contributed by atoms with Crippen LogP contribution in [0.5, 0.6) is 5.75 Å². The second kappa shape index (κ2) is 6.89. The van der Waals surface area contributed by atoms with Gasteiger partial charge >= 0.3 is 0 Å². The summed E-state index contributed by atoms with van der Waals surface area (Å²) in [7, 11) is 3.65. The molecular formula is C15H25NO3. The first-order valence-corrected chi connectivity index (χ1v) is 6.51. The summed E-state index contributed by atoms with van der Waals surface area (Å²) in [5, 5.41) is 18.7. The highest BCUT2D eigenvalue weighted by Crippen LogP contribution is 2.26. The van der Waals surface area contributed by atoms with Crippen molar-refractivity contribution in [3.8, 4) is 5.75 Å². The van der Waals surface area contributed by atoms with Crippen molar-refractivity contribution in [2.45, 2.75) is 19.9 Å². The van der Waals surface area contributed by atoms with Crippen LogP contribution in [0.1, 0.15) is 25.5 Å². The minimum Gasteiger partial charge on any atom is -0.497 e. The SMILES string of the molecule is COc1cccc(C(C)N(C)CC(C)(CO)CO)c1. The van der Waals surface area contributed by atoms with Gasteiger partial charge in [-0.15, -0.1) is 0 Å². The van der Waals surface area contributed by atoms with E-state index in [1.807, 2.05) is 32.2 Å². The van der Waals surface area contributed by atoms with Gasteiger partial charge in [-0.3, -0.25) is 4.90 Å². The molecule has 1 atom stereocenters. The number of aliphatic hydroxyl groups excluding tert-OH is 2. The van der Waals surface area contributed by atoms with Crippen LogP contribution in [0.25, 0.3) is 0 Å². The fourth-order valence-corrected chi connectivity index (χ4v) is 2.04. The van der Waals surface area contributed by atoms with E-state index in [0.717, 1.165) is 11.3 Å². The van der Waals surface area contributed by atoms with Gasteiger partial charge in [0.05, 0.1) is 20.3 Å². The van der Waals surface area contributed by atoms with Gasteiger partial charge in [-0.05, 0) is 31.7 Å². The van der Waals surface area contributed by atoms with E-state index in [1.165, 1.54) is 0 Å². The summed E-state index contributed by atoms with van der Waals surface area (Å²) < 4.78 is 5.23. The van der Waals surface area contributed by atoms with Gasteiger partial charge in [0.25, 0.3) is 0 Å². The maximum Gasteiger partial charge on any atom is 0.119 e. The Morgan fingerprint density at radius 1 is 1.32 bits per heavy atom. The molecule has 0 aliphatic rings. The van der Waals surface area contributed by atoms with Crippen LogP contribution >= 0.6 is 0 Å². The first-order valence-electron chi connectivity index (χ1n) is 6.51. The quantitative estimate of drug-likeness (QED) is 0.789. The van der Waals surface area contributed by atoms with Gasteiger partial charge in [0.15, 0.2) is 0 Å². The van der Waals surface area contributed by atoms with Crippen LogP contribution in [-0.2, 0) is 0 Å². The number of methoxy groups -OCH3 is 1. The van der Waals surface area contributed by atoms with Crippen LogP contribution in [-0.4, -0.2) is 49.0 Å². The third-order valence-corrected chi connectivity index (χ3v) is 3.63. The van der Waals surface area contributed by atoms with Crippen molar-refractivity contribution < 1.29 is 14.9 Å². The molecule has 0 spiro atoms. The van der Waals surface area contributed by atoms with Crippen molar-refractivity contribution in [2.24, 2.45) is 5.41 Å². The number of aliphatic hydroxyl groups is 2. The summed E-state index contributed by atoms with van der Waals surface area (Å²) in [5.41, 5.74) is 0.669. The average Bonchev–Trinajstić information content (AvgIpc) is 2.46. The average molecular weight is 267 g/mol. The van der Waals surface area contributed by atoms with E-state index in [2.05, 4.69) is 17.9 Å². The Balaban J connectivity index is 2.78. The van der Waals surface area contributed by atoms with Crippen LogP contribution in [0, 0.1) is 5.41 Å². The van der Waals surface area contributed by atoms with Crippen LogP contribution < -0.4 is 4.74 Å². The predicted molar refractivity (Wildman–Crippen MR) is 76.3 cm³/mol. The lowest BCUT2D eigenvalue weighted by atomic mass is 9.91. The predicted octanol–water partition coefficient (Wildman–Crippen LogP) is 1.68. The molecule has 0 bridgehead atoms. The largest absolute Gasteiger partial charge is 0.497 e. The number of hydrogen-bond donors (Lipinski definition) is 2. The number of nitrogens with zero attached hydrogens (tertiary/aromatic N) is 1. The van der Waals surface area contributed by atoms with Gasteiger partial charge in [0, 0.05) is 18.0 Å². The minimum atomic E-state index is -0.484. The topological polar surface area (TPSA) is 52.9 Å². The molecule has 0 heterocycles. The van der Waals surface area contributed by atoms with Crippen molar-refractivity contribution in [1.82, 2.24) is 4.90 Å². The number of hydrogen-bond acceptors (Lipinski definition) is 4. The van der Waals surface area contributed by atoms with Crippen LogP contribution in [0.15, 0.2) is 24.3 Å². The van der Waals surface area contributed by atoms with Gasteiger partial charge < -0.3 is 14.9 Å². The van der Waals surface area contributed by atoms with Crippen LogP contribution in [0.2, 0.25) is 0 Å². The van der Waals surface area contributed by atoms with Crippen molar-refractivity contribution in [2.75, 3.05) is 33.9 Å². The van der Waals surface area contributed by atoms with E-state index >= 15 is 0 Å². The van der Waals surface area contributed by atoms with Gasteiger partial charge in [0.2, 0.25) is 0 Å². The lowest BCUT2D eigenvalue weighted by Crippen LogP contribution is -2.40. The Kier molecular flexibility index (Phi) is 5.79. The standard InChI is InChI=1S/C15H25NO3/c1-12(13-6-5-7-14(8-13)19-4)16(3)9-15(2,10-17)11-18/h5-8,12,17-18H,9-11H2,1-4H3. The maximum atomic E-state index is 9.36. The summed E-state index contributed by atoms with van der Waals surface area (Å²) in [4.78, 5) is 2.13. The molecule has 0 fully saturated rings. The molecule has 108 valence electrons. The molecule has 0 amide bonds. The molecule has 0 aliphatic heterocycles. The molecular weight excluding hydrogens is 242 g/mol. The van der Waals surface area contributed by atoms with E-state index < -0.39 is 5.41 Å². The Bertz CT molecular complexity index is 391. The maximum absolute atomic E-state index is 9.36. The van der Waals surface area contributed by atoms with E-state index in [9.17, 15) is 10.2 Å². The summed E-state index contributed by atoms with van der Waals surface area (Å²) in [6, 6.07) is 8.14. The van der Waals surface area contributed by atoms with E-state index in [4.69, 9.17) is 4.74 Å². The summed E-state index contributed by atoms with van der Waals surface area (Å²) in [6.07, 6.45) is 0. The normalized spacial score (nSPS) is 13.6. The zero-order chi connectivity index (χ0) is 14.5. The molecule has 19 heavy (non-hydrogen) atoms. The third-order valence-electron chi connectivity index (χ3n) is 3.63. The zero-order valence-electron chi connectivity index (χ0n) is 12.3. The summed E-state index contributed by atoms with van der Waals surface area (Å²) in [6.45, 7) is 4.54. The van der Waals surface area contributed by atoms with Crippen LogP contribution in [0.4, 0.5) is 0 Å². The molecule has 0 aromatic heterocycles. The van der Waals surface area contributed by atoms with Gasteiger partial charge in [0.1, 0.15) is 5.75 Å². The monoisotopic (exact) mass is 267 g/mol. The van der Waals surface area contributed by atoms with Crippen molar-refractivity contribution in [3.05, 3.63) is 29.8 Å². The van der Waals surface area contributed by atoms with Gasteiger partial charge in [-0.2, -0.15) is 0 Å². The third kappa shape index (κ3) is 4.20. The Morgan fingerprint density at radius 3 is 2.47 bits per heavy atom. The lowest BCUT2D eigenvalue weighted by Gasteiger charge is -2.34. The molecule has 4 nitrogen and oxygen atoms in total. The highest BCUT2D eigenvalue weighted by atomic mass is 16.5. The molecule has 2 N–H and O–H groups in total. The molecule has 0 saturated heterocycles. The molecule has 0 aliphatic carbocycles. The van der Waals surface area contributed by atoms with Crippen molar-refractivity contribution >= 4 is 0 Å². The second-order valence-corrected chi connectivity index (χ2v) is 5.49. The van der Waals surface area contributed by atoms with E-state index in [-0.39, 0.29) is 19.3 Å². The van der Waals surface area contributed by atoms with Crippen molar-refractivity contribution in [1.29, 1.82) is 0 Å². The lowest BCUT2D eigenvalue weighted by molar-refractivity contribution is 0.0326. The molecule has 4 heteroatoms. The Morgan fingerprint density at radius 2 is 1.95 bits per heavy atom. The second-order valence-electron chi connectivity index (χ2n) is 5.49. The smallest absolute Gasteiger partial charge is 0.119 e. The number of benzene rings is 1. The summed E-state index contributed by atoms with van der Waals surface area (Å²) in [5.74, 6) is 0.838. The molecule has 1 rings (SSSR count). The fourth-order valence-electron chi connectivity index (χ4n) is 2.04. The Hall–Kier alpha value is -1.10. The zero-order valence-corrected chi connectivity index (χ0v) is 12.3. The van der Waals surface area contributed by atoms with E-state index in [1.54, 1.807) is 7.11 Å². The Labute approximate surface area is 115 Å². The summed E-state index contributed by atoms with van der Waals surface area (Å²) >= 11 is 0. The molecule has 0 radical (unpaired) electrons. The van der Waals surface area contributed by atoms with Crippen molar-refractivity contribution in [3.63, 3.8) is 0 Å². The molecule has 1 aromatic carbocycles. The first-order chi connectivity index (χ1) is 8.95. The van der Waals surface area contributed by atoms with Crippen LogP contribution in [0.3, 0.4) is 0 Å². The molecule has 0 saturated carbocycles. The number of rotatable bonds is 7. The highest BCUT2D eigenvalue weighted by molar-refractivity contribution is 5.30.